The number of hydrogen-bond donors (Lipinski definition) is 2. The van der Waals surface area contributed by atoms with E-state index in [0.29, 0.717) is 13.1 Å². The van der Waals surface area contributed by atoms with Crippen molar-refractivity contribution >= 4 is 5.91 Å². The Morgan fingerprint density at radius 1 is 1.04 bits per heavy atom. The third kappa shape index (κ3) is 5.41. The van der Waals surface area contributed by atoms with Crippen LogP contribution in [0, 0.1) is 0 Å². The van der Waals surface area contributed by atoms with Crippen LogP contribution in [-0.4, -0.2) is 38.3 Å². The van der Waals surface area contributed by atoms with Crippen LogP contribution in [0.25, 0.3) is 0 Å². The van der Waals surface area contributed by atoms with E-state index in [-0.39, 0.29) is 17.9 Å². The van der Waals surface area contributed by atoms with Crippen LogP contribution in [0.15, 0.2) is 60.7 Å². The van der Waals surface area contributed by atoms with Gasteiger partial charge in [0.05, 0.1) is 12.6 Å². The van der Waals surface area contributed by atoms with E-state index in [9.17, 15) is 4.79 Å². The smallest absolute Gasteiger partial charge is 0.233 e. The molecule has 132 valence electrons. The summed E-state index contributed by atoms with van der Waals surface area (Å²) in [4.78, 5) is 12.2. The molecule has 3 rings (SSSR count). The second kappa shape index (κ2) is 9.35. The molecule has 2 aromatic rings. The third-order valence-electron chi connectivity index (χ3n) is 4.59. The number of benzene rings is 2. The maximum absolute atomic E-state index is 12.2. The van der Waals surface area contributed by atoms with Crippen LogP contribution in [0.5, 0.6) is 0 Å². The van der Waals surface area contributed by atoms with E-state index in [2.05, 4.69) is 34.9 Å². The van der Waals surface area contributed by atoms with E-state index in [0.717, 1.165) is 26.0 Å². The summed E-state index contributed by atoms with van der Waals surface area (Å²) >= 11 is 0. The number of ether oxygens (including phenoxy) is 1. The van der Waals surface area contributed by atoms with E-state index in [4.69, 9.17) is 4.74 Å². The van der Waals surface area contributed by atoms with Gasteiger partial charge in [-0.2, -0.15) is 0 Å². The van der Waals surface area contributed by atoms with Gasteiger partial charge in [0.25, 0.3) is 0 Å². The quantitative estimate of drug-likeness (QED) is 0.778. The molecule has 0 bridgehead atoms. The lowest BCUT2D eigenvalue weighted by molar-refractivity contribution is -0.120. The lowest BCUT2D eigenvalue weighted by atomic mass is 9.91. The molecule has 0 aliphatic carbocycles. The molecule has 25 heavy (non-hydrogen) atoms. The number of hydrogen-bond acceptors (Lipinski definition) is 3. The van der Waals surface area contributed by atoms with Gasteiger partial charge >= 0.3 is 0 Å². The highest BCUT2D eigenvalue weighted by Crippen LogP contribution is 2.23. The summed E-state index contributed by atoms with van der Waals surface area (Å²) in [5.41, 5.74) is 2.42. The van der Waals surface area contributed by atoms with E-state index in [1.165, 1.54) is 11.1 Å². The first-order chi connectivity index (χ1) is 12.3. The van der Waals surface area contributed by atoms with Crippen molar-refractivity contribution in [3.63, 3.8) is 0 Å². The van der Waals surface area contributed by atoms with Crippen molar-refractivity contribution in [2.45, 2.75) is 24.9 Å². The van der Waals surface area contributed by atoms with Crippen molar-refractivity contribution in [1.29, 1.82) is 0 Å². The van der Waals surface area contributed by atoms with Crippen LogP contribution >= 0.6 is 0 Å². The number of carbonyl (C=O) groups excluding carboxylic acids is 1. The second-order valence-electron chi connectivity index (χ2n) is 6.44. The molecule has 1 saturated heterocycles. The van der Waals surface area contributed by atoms with Crippen LogP contribution in [0.2, 0.25) is 0 Å². The first kappa shape index (κ1) is 17.6. The lowest BCUT2D eigenvalue weighted by Gasteiger charge is -2.19. The minimum Gasteiger partial charge on any atom is -0.377 e. The average molecular weight is 338 g/mol. The molecule has 0 aromatic heterocycles. The molecule has 1 aliphatic rings. The van der Waals surface area contributed by atoms with Crippen molar-refractivity contribution in [1.82, 2.24) is 10.6 Å². The first-order valence-electron chi connectivity index (χ1n) is 9.02. The van der Waals surface area contributed by atoms with Gasteiger partial charge < -0.3 is 15.4 Å². The summed E-state index contributed by atoms with van der Waals surface area (Å²) in [6.07, 6.45) is 2.46. The molecule has 0 spiro atoms. The van der Waals surface area contributed by atoms with E-state index < -0.39 is 0 Å². The summed E-state index contributed by atoms with van der Waals surface area (Å²) in [6.45, 7) is 2.51. The molecule has 0 radical (unpaired) electrons. The van der Waals surface area contributed by atoms with E-state index in [1.807, 2.05) is 36.4 Å². The molecule has 1 unspecified atom stereocenters. The first-order valence-corrected chi connectivity index (χ1v) is 9.02. The maximum atomic E-state index is 12.2. The fourth-order valence-electron chi connectivity index (χ4n) is 3.23. The van der Waals surface area contributed by atoms with Gasteiger partial charge in [-0.15, -0.1) is 0 Å². The molecule has 1 amide bonds. The topological polar surface area (TPSA) is 50.4 Å². The van der Waals surface area contributed by atoms with Crippen LogP contribution in [0.4, 0.5) is 0 Å². The number of amides is 1. The summed E-state index contributed by atoms with van der Waals surface area (Å²) in [5.74, 6) is 0.180. The second-order valence-corrected chi connectivity index (χ2v) is 6.44. The van der Waals surface area contributed by atoms with Crippen molar-refractivity contribution in [2.75, 3.05) is 26.2 Å². The Morgan fingerprint density at radius 3 is 2.24 bits per heavy atom. The Bertz CT molecular complexity index is 600. The Morgan fingerprint density at radius 2 is 1.68 bits per heavy atom. The monoisotopic (exact) mass is 338 g/mol. The Labute approximate surface area is 149 Å². The zero-order valence-corrected chi connectivity index (χ0v) is 14.5. The molecule has 2 N–H and O–H groups in total. The number of rotatable bonds is 8. The standard InChI is InChI=1S/C21H26N2O2/c24-21(16-22-14-19-12-7-13-25-19)23-15-20(17-8-3-1-4-9-17)18-10-5-2-6-11-18/h1-6,8-11,19-20,22H,7,12-16H2,(H,23,24). The minimum absolute atomic E-state index is 0.0230. The molecule has 1 heterocycles. The van der Waals surface area contributed by atoms with Gasteiger partial charge in [-0.25, -0.2) is 0 Å². The zero-order chi connectivity index (χ0) is 17.3. The van der Waals surface area contributed by atoms with Gasteiger partial charge in [-0.05, 0) is 24.0 Å². The van der Waals surface area contributed by atoms with Crippen molar-refractivity contribution in [2.24, 2.45) is 0 Å². The Balaban J connectivity index is 1.52. The lowest BCUT2D eigenvalue weighted by Crippen LogP contribution is -2.38. The fraction of sp³-hybridized carbons (Fsp3) is 0.381. The van der Waals surface area contributed by atoms with Crippen LogP contribution < -0.4 is 10.6 Å². The van der Waals surface area contributed by atoms with Gasteiger partial charge in [-0.3, -0.25) is 4.79 Å². The molecule has 1 atom stereocenters. The number of carbonyl (C=O) groups is 1. The summed E-state index contributed by atoms with van der Waals surface area (Å²) in [6, 6.07) is 20.6. The zero-order valence-electron chi connectivity index (χ0n) is 14.5. The molecule has 1 aliphatic heterocycles. The summed E-state index contributed by atoms with van der Waals surface area (Å²) in [7, 11) is 0. The predicted molar refractivity (Wildman–Crippen MR) is 99.6 cm³/mol. The van der Waals surface area contributed by atoms with Crippen molar-refractivity contribution in [3.05, 3.63) is 71.8 Å². The highest BCUT2D eigenvalue weighted by molar-refractivity contribution is 5.78. The highest BCUT2D eigenvalue weighted by Gasteiger charge is 2.17. The van der Waals surface area contributed by atoms with Gasteiger partial charge in [0.15, 0.2) is 0 Å². The Hall–Kier alpha value is -2.17. The summed E-state index contributed by atoms with van der Waals surface area (Å²) in [5, 5.41) is 6.26. The Kier molecular flexibility index (Phi) is 6.60. The van der Waals surface area contributed by atoms with Crippen molar-refractivity contribution in [3.8, 4) is 0 Å². The molecule has 1 fully saturated rings. The molecule has 4 nitrogen and oxygen atoms in total. The summed E-state index contributed by atoms with van der Waals surface area (Å²) < 4.78 is 5.55. The van der Waals surface area contributed by atoms with Gasteiger partial charge in [-0.1, -0.05) is 60.7 Å². The van der Waals surface area contributed by atoms with Crippen LogP contribution in [0.1, 0.15) is 29.9 Å². The fourth-order valence-corrected chi connectivity index (χ4v) is 3.23. The van der Waals surface area contributed by atoms with Crippen LogP contribution in [0.3, 0.4) is 0 Å². The largest absolute Gasteiger partial charge is 0.377 e. The molecule has 4 heteroatoms. The highest BCUT2D eigenvalue weighted by atomic mass is 16.5. The minimum atomic E-state index is 0.0230. The molecule has 2 aromatic carbocycles. The van der Waals surface area contributed by atoms with Crippen molar-refractivity contribution < 1.29 is 9.53 Å². The van der Waals surface area contributed by atoms with E-state index in [1.54, 1.807) is 0 Å². The molecule has 0 saturated carbocycles. The third-order valence-corrected chi connectivity index (χ3v) is 4.59. The SMILES string of the molecule is O=C(CNCC1CCCO1)NCC(c1ccccc1)c1ccccc1. The predicted octanol–water partition coefficient (Wildman–Crippen LogP) is 2.70. The van der Waals surface area contributed by atoms with Gasteiger partial charge in [0.2, 0.25) is 5.91 Å². The van der Waals surface area contributed by atoms with Gasteiger partial charge in [0, 0.05) is 25.6 Å². The van der Waals surface area contributed by atoms with Crippen LogP contribution in [-0.2, 0) is 9.53 Å². The molecular formula is C21H26N2O2. The average Bonchev–Trinajstić information content (AvgIpc) is 3.17. The normalized spacial score (nSPS) is 16.9. The molecular weight excluding hydrogens is 312 g/mol. The number of nitrogens with one attached hydrogen (secondary N) is 2. The maximum Gasteiger partial charge on any atom is 0.233 e. The van der Waals surface area contributed by atoms with Gasteiger partial charge in [0.1, 0.15) is 0 Å². The van der Waals surface area contributed by atoms with E-state index >= 15 is 0 Å².